The summed E-state index contributed by atoms with van der Waals surface area (Å²) in [7, 11) is 0. The number of rotatable bonds is 6. The van der Waals surface area contributed by atoms with Crippen LogP contribution < -0.4 is 5.32 Å². The summed E-state index contributed by atoms with van der Waals surface area (Å²) < 4.78 is 5.27. The standard InChI is InChI=1S/C14H24N2O4/c1-14(2)10(11(14)13(18)19)12(17)15-4-3-5-16-6-8-20-9-7-16/h10-11H,3-9H2,1-2H3,(H,15,17)(H,18,19). The molecule has 2 fully saturated rings. The lowest BCUT2D eigenvalue weighted by Gasteiger charge is -2.26. The number of hydrogen-bond donors (Lipinski definition) is 2. The molecular weight excluding hydrogens is 260 g/mol. The Morgan fingerprint density at radius 3 is 2.50 bits per heavy atom. The van der Waals surface area contributed by atoms with E-state index in [0.29, 0.717) is 6.54 Å². The van der Waals surface area contributed by atoms with Crippen LogP contribution in [-0.2, 0) is 14.3 Å². The Bertz CT molecular complexity index is 377. The van der Waals surface area contributed by atoms with E-state index in [4.69, 9.17) is 9.84 Å². The van der Waals surface area contributed by atoms with E-state index in [0.717, 1.165) is 39.3 Å². The molecule has 1 aliphatic heterocycles. The third kappa shape index (κ3) is 3.30. The highest BCUT2D eigenvalue weighted by Gasteiger charge is 2.65. The van der Waals surface area contributed by atoms with Crippen LogP contribution in [0.2, 0.25) is 0 Å². The van der Waals surface area contributed by atoms with Crippen LogP contribution in [0, 0.1) is 17.3 Å². The molecule has 2 rings (SSSR count). The van der Waals surface area contributed by atoms with Gasteiger partial charge in [0, 0.05) is 19.6 Å². The smallest absolute Gasteiger partial charge is 0.307 e. The number of amides is 1. The van der Waals surface area contributed by atoms with E-state index in [1.165, 1.54) is 0 Å². The van der Waals surface area contributed by atoms with Crippen LogP contribution in [0.25, 0.3) is 0 Å². The molecule has 6 nitrogen and oxygen atoms in total. The van der Waals surface area contributed by atoms with E-state index in [1.807, 2.05) is 13.8 Å². The Morgan fingerprint density at radius 1 is 1.30 bits per heavy atom. The quantitative estimate of drug-likeness (QED) is 0.680. The van der Waals surface area contributed by atoms with Crippen molar-refractivity contribution in [3.63, 3.8) is 0 Å². The van der Waals surface area contributed by atoms with Crippen molar-refractivity contribution >= 4 is 11.9 Å². The lowest BCUT2D eigenvalue weighted by Crippen LogP contribution is -2.38. The minimum absolute atomic E-state index is 0.121. The summed E-state index contributed by atoms with van der Waals surface area (Å²) in [6, 6.07) is 0. The van der Waals surface area contributed by atoms with Crippen molar-refractivity contribution in [3.8, 4) is 0 Å². The molecule has 0 aromatic rings. The predicted molar refractivity (Wildman–Crippen MR) is 73.3 cm³/mol. The van der Waals surface area contributed by atoms with Gasteiger partial charge in [0.2, 0.25) is 5.91 Å². The molecule has 0 aromatic carbocycles. The monoisotopic (exact) mass is 284 g/mol. The van der Waals surface area contributed by atoms with Crippen molar-refractivity contribution in [1.29, 1.82) is 0 Å². The van der Waals surface area contributed by atoms with E-state index in [9.17, 15) is 9.59 Å². The van der Waals surface area contributed by atoms with E-state index in [-0.39, 0.29) is 11.8 Å². The molecule has 0 spiro atoms. The normalized spacial score (nSPS) is 28.9. The summed E-state index contributed by atoms with van der Waals surface area (Å²) in [5, 5.41) is 11.9. The summed E-state index contributed by atoms with van der Waals surface area (Å²) in [5.74, 6) is -1.92. The van der Waals surface area contributed by atoms with Crippen molar-refractivity contribution in [3.05, 3.63) is 0 Å². The number of hydrogen-bond acceptors (Lipinski definition) is 4. The van der Waals surface area contributed by atoms with Gasteiger partial charge in [-0.2, -0.15) is 0 Å². The fraction of sp³-hybridized carbons (Fsp3) is 0.857. The molecule has 114 valence electrons. The fourth-order valence-electron chi connectivity index (χ4n) is 3.04. The molecule has 1 heterocycles. The van der Waals surface area contributed by atoms with Gasteiger partial charge in [-0.05, 0) is 18.4 Å². The Balaban J connectivity index is 1.65. The van der Waals surface area contributed by atoms with Crippen LogP contribution >= 0.6 is 0 Å². The molecule has 2 N–H and O–H groups in total. The Kier molecular flexibility index (Phi) is 4.65. The number of nitrogens with zero attached hydrogens (tertiary/aromatic N) is 1. The Morgan fingerprint density at radius 2 is 1.95 bits per heavy atom. The summed E-state index contributed by atoms with van der Waals surface area (Å²) in [6.07, 6.45) is 0.886. The summed E-state index contributed by atoms with van der Waals surface area (Å²) in [5.41, 5.74) is -0.417. The van der Waals surface area contributed by atoms with Gasteiger partial charge in [-0.1, -0.05) is 13.8 Å². The van der Waals surface area contributed by atoms with Crippen molar-refractivity contribution in [2.45, 2.75) is 20.3 Å². The van der Waals surface area contributed by atoms with Gasteiger partial charge in [0.1, 0.15) is 0 Å². The highest BCUT2D eigenvalue weighted by molar-refractivity contribution is 5.91. The molecule has 2 atom stereocenters. The minimum Gasteiger partial charge on any atom is -0.481 e. The van der Waals surface area contributed by atoms with Crippen molar-refractivity contribution < 1.29 is 19.4 Å². The Labute approximate surface area is 119 Å². The van der Waals surface area contributed by atoms with Crippen LogP contribution in [0.4, 0.5) is 0 Å². The molecule has 2 aliphatic rings. The number of carboxylic acids is 1. The van der Waals surface area contributed by atoms with Crippen LogP contribution in [0.3, 0.4) is 0 Å². The first-order valence-corrected chi connectivity index (χ1v) is 7.25. The SMILES string of the molecule is CC1(C)C(C(=O)O)C1C(=O)NCCCN1CCOCC1. The molecule has 0 aromatic heterocycles. The summed E-state index contributed by atoms with van der Waals surface area (Å²) >= 11 is 0. The van der Waals surface area contributed by atoms with Crippen LogP contribution in [0.15, 0.2) is 0 Å². The predicted octanol–water partition coefficient (Wildman–Crippen LogP) is 0.182. The molecular formula is C14H24N2O4. The molecule has 0 radical (unpaired) electrons. The van der Waals surface area contributed by atoms with Crippen molar-refractivity contribution in [2.75, 3.05) is 39.4 Å². The Hall–Kier alpha value is -1.14. The highest BCUT2D eigenvalue weighted by atomic mass is 16.5. The lowest BCUT2D eigenvalue weighted by atomic mass is 10.1. The van der Waals surface area contributed by atoms with Gasteiger partial charge in [-0.15, -0.1) is 0 Å². The number of carbonyl (C=O) groups excluding carboxylic acids is 1. The van der Waals surface area contributed by atoms with Crippen molar-refractivity contribution in [2.24, 2.45) is 17.3 Å². The second-order valence-corrected chi connectivity index (χ2v) is 6.21. The van der Waals surface area contributed by atoms with Crippen molar-refractivity contribution in [1.82, 2.24) is 10.2 Å². The first kappa shape index (κ1) is 15.3. The number of morpholine rings is 1. The van der Waals surface area contributed by atoms with E-state index in [1.54, 1.807) is 0 Å². The van der Waals surface area contributed by atoms with Crippen LogP contribution in [0.5, 0.6) is 0 Å². The maximum absolute atomic E-state index is 12.0. The number of carbonyl (C=O) groups is 2. The van der Waals surface area contributed by atoms with E-state index >= 15 is 0 Å². The van der Waals surface area contributed by atoms with E-state index < -0.39 is 17.3 Å². The van der Waals surface area contributed by atoms with Crippen LogP contribution in [-0.4, -0.2) is 61.3 Å². The third-order valence-electron chi connectivity index (χ3n) is 4.43. The topological polar surface area (TPSA) is 78.9 Å². The first-order chi connectivity index (χ1) is 9.44. The maximum atomic E-state index is 12.0. The zero-order valence-electron chi connectivity index (χ0n) is 12.2. The van der Waals surface area contributed by atoms with Gasteiger partial charge in [0.25, 0.3) is 0 Å². The molecule has 6 heteroatoms. The van der Waals surface area contributed by atoms with Gasteiger partial charge in [-0.25, -0.2) is 0 Å². The number of aliphatic carboxylic acids is 1. The van der Waals surface area contributed by atoms with Gasteiger partial charge in [-0.3, -0.25) is 14.5 Å². The number of ether oxygens (including phenoxy) is 1. The molecule has 0 bridgehead atoms. The summed E-state index contributed by atoms with van der Waals surface area (Å²) in [6.45, 7) is 8.68. The lowest BCUT2D eigenvalue weighted by molar-refractivity contribution is -0.140. The zero-order chi connectivity index (χ0) is 14.8. The highest BCUT2D eigenvalue weighted by Crippen LogP contribution is 2.58. The largest absolute Gasteiger partial charge is 0.481 e. The van der Waals surface area contributed by atoms with Gasteiger partial charge in [0.15, 0.2) is 0 Å². The number of carboxylic acid groups (broad SMARTS) is 1. The molecule has 1 saturated carbocycles. The van der Waals surface area contributed by atoms with Gasteiger partial charge >= 0.3 is 5.97 Å². The van der Waals surface area contributed by atoms with Gasteiger partial charge in [0.05, 0.1) is 25.0 Å². The molecule has 1 amide bonds. The second kappa shape index (κ2) is 6.10. The first-order valence-electron chi connectivity index (χ1n) is 7.25. The maximum Gasteiger partial charge on any atom is 0.307 e. The molecule has 2 unspecified atom stereocenters. The third-order valence-corrected chi connectivity index (χ3v) is 4.43. The summed E-state index contributed by atoms with van der Waals surface area (Å²) in [4.78, 5) is 25.3. The molecule has 1 aliphatic carbocycles. The number of nitrogens with one attached hydrogen (secondary N) is 1. The zero-order valence-corrected chi connectivity index (χ0v) is 12.2. The average Bonchev–Trinajstić information content (AvgIpc) is 2.99. The van der Waals surface area contributed by atoms with E-state index in [2.05, 4.69) is 10.2 Å². The minimum atomic E-state index is -0.872. The van der Waals surface area contributed by atoms with Gasteiger partial charge < -0.3 is 15.2 Å². The molecule has 20 heavy (non-hydrogen) atoms. The molecule has 1 saturated heterocycles. The fourth-order valence-corrected chi connectivity index (χ4v) is 3.04. The average molecular weight is 284 g/mol. The second-order valence-electron chi connectivity index (χ2n) is 6.21. The van der Waals surface area contributed by atoms with Crippen LogP contribution in [0.1, 0.15) is 20.3 Å².